The molecule has 0 aromatic carbocycles. The van der Waals surface area contributed by atoms with E-state index >= 15 is 0 Å². The summed E-state index contributed by atoms with van der Waals surface area (Å²) in [4.78, 5) is 4.12. The van der Waals surface area contributed by atoms with Crippen LogP contribution in [-0.2, 0) is 0 Å². The summed E-state index contributed by atoms with van der Waals surface area (Å²) < 4.78 is 2.06. The van der Waals surface area contributed by atoms with E-state index in [4.69, 9.17) is 0 Å². The number of nitrogens with one attached hydrogen (secondary N) is 1. The van der Waals surface area contributed by atoms with Gasteiger partial charge in [0.1, 0.15) is 5.82 Å². The van der Waals surface area contributed by atoms with E-state index in [1.165, 1.54) is 0 Å². The van der Waals surface area contributed by atoms with Crippen LogP contribution >= 0.6 is 0 Å². The van der Waals surface area contributed by atoms with E-state index in [1.54, 1.807) is 6.20 Å². The van der Waals surface area contributed by atoms with Crippen LogP contribution in [0.1, 0.15) is 19.4 Å². The highest BCUT2D eigenvalue weighted by Crippen LogP contribution is 2.27. The number of pyridine rings is 1. The van der Waals surface area contributed by atoms with Crippen molar-refractivity contribution in [1.29, 1.82) is 0 Å². The lowest BCUT2D eigenvalue weighted by molar-refractivity contribution is 0.454. The summed E-state index contributed by atoms with van der Waals surface area (Å²) >= 11 is 0. The molecule has 1 N–H and O–H groups in total. The Bertz CT molecular complexity index is 489. The van der Waals surface area contributed by atoms with Crippen molar-refractivity contribution < 1.29 is 0 Å². The Morgan fingerprint density at radius 3 is 3.19 bits per heavy atom. The molecule has 16 heavy (non-hydrogen) atoms. The summed E-state index contributed by atoms with van der Waals surface area (Å²) in [6.07, 6.45) is 4.75. The van der Waals surface area contributed by atoms with Gasteiger partial charge in [-0.3, -0.25) is 4.98 Å². The van der Waals surface area contributed by atoms with Gasteiger partial charge in [0.15, 0.2) is 0 Å². The van der Waals surface area contributed by atoms with Crippen molar-refractivity contribution >= 4 is 5.82 Å². The van der Waals surface area contributed by atoms with Crippen LogP contribution in [0, 0.1) is 0 Å². The molecule has 0 fully saturated rings. The first kappa shape index (κ1) is 9.39. The SMILES string of the molecule is CC1CCNc2cc(-c3cccnc3)nn21. The lowest BCUT2D eigenvalue weighted by atomic mass is 10.2. The standard InChI is InChI=1S/C12H14N4/c1-9-4-6-14-12-7-11(15-16(9)12)10-3-2-5-13-8-10/h2-3,5,7-9,14H,4,6H2,1H3. The van der Waals surface area contributed by atoms with E-state index in [2.05, 4.69) is 33.1 Å². The quantitative estimate of drug-likeness (QED) is 0.792. The first-order valence-electron chi connectivity index (χ1n) is 5.58. The van der Waals surface area contributed by atoms with Gasteiger partial charge in [0.25, 0.3) is 0 Å². The van der Waals surface area contributed by atoms with Crippen molar-refractivity contribution in [2.24, 2.45) is 0 Å². The van der Waals surface area contributed by atoms with Gasteiger partial charge in [-0.15, -0.1) is 0 Å². The molecule has 2 aromatic rings. The van der Waals surface area contributed by atoms with E-state index in [-0.39, 0.29) is 0 Å². The predicted molar refractivity (Wildman–Crippen MR) is 63.3 cm³/mol. The molecule has 1 aliphatic rings. The lowest BCUT2D eigenvalue weighted by Crippen LogP contribution is -2.21. The highest BCUT2D eigenvalue weighted by atomic mass is 15.4. The summed E-state index contributed by atoms with van der Waals surface area (Å²) in [7, 11) is 0. The Labute approximate surface area is 94.3 Å². The maximum atomic E-state index is 4.62. The summed E-state index contributed by atoms with van der Waals surface area (Å²) in [6, 6.07) is 6.53. The Morgan fingerprint density at radius 1 is 1.50 bits per heavy atom. The van der Waals surface area contributed by atoms with Gasteiger partial charge in [-0.2, -0.15) is 5.10 Å². The molecule has 2 aromatic heterocycles. The second-order valence-electron chi connectivity index (χ2n) is 4.17. The Kier molecular flexibility index (Phi) is 2.13. The molecule has 0 saturated carbocycles. The van der Waals surface area contributed by atoms with E-state index in [1.807, 2.05) is 18.3 Å². The fourth-order valence-corrected chi connectivity index (χ4v) is 2.05. The van der Waals surface area contributed by atoms with Crippen LogP contribution < -0.4 is 5.32 Å². The smallest absolute Gasteiger partial charge is 0.125 e. The van der Waals surface area contributed by atoms with E-state index < -0.39 is 0 Å². The number of hydrogen-bond donors (Lipinski definition) is 1. The van der Waals surface area contributed by atoms with Crippen molar-refractivity contribution in [2.45, 2.75) is 19.4 Å². The Hall–Kier alpha value is -1.84. The van der Waals surface area contributed by atoms with Crippen LogP contribution in [0.15, 0.2) is 30.6 Å². The summed E-state index contributed by atoms with van der Waals surface area (Å²) in [5.74, 6) is 1.11. The largest absolute Gasteiger partial charge is 0.370 e. The molecule has 0 radical (unpaired) electrons. The maximum absolute atomic E-state index is 4.62. The van der Waals surface area contributed by atoms with Gasteiger partial charge in [-0.25, -0.2) is 4.68 Å². The fourth-order valence-electron chi connectivity index (χ4n) is 2.05. The molecule has 0 amide bonds. The number of fused-ring (bicyclic) bond motifs is 1. The van der Waals surface area contributed by atoms with Gasteiger partial charge >= 0.3 is 0 Å². The van der Waals surface area contributed by atoms with E-state index in [0.717, 1.165) is 30.0 Å². The number of nitrogens with zero attached hydrogens (tertiary/aromatic N) is 3. The molecule has 1 aliphatic heterocycles. The average Bonchev–Trinajstić information content (AvgIpc) is 2.76. The van der Waals surface area contributed by atoms with Gasteiger partial charge in [-0.1, -0.05) is 0 Å². The zero-order valence-electron chi connectivity index (χ0n) is 9.22. The number of hydrogen-bond acceptors (Lipinski definition) is 3. The topological polar surface area (TPSA) is 42.7 Å². The zero-order chi connectivity index (χ0) is 11.0. The third-order valence-electron chi connectivity index (χ3n) is 2.98. The van der Waals surface area contributed by atoms with Crippen molar-refractivity contribution in [3.8, 4) is 11.3 Å². The van der Waals surface area contributed by atoms with Crippen molar-refractivity contribution in [1.82, 2.24) is 14.8 Å². The van der Waals surface area contributed by atoms with Crippen molar-refractivity contribution in [3.05, 3.63) is 30.6 Å². The third-order valence-corrected chi connectivity index (χ3v) is 2.98. The number of anilines is 1. The lowest BCUT2D eigenvalue weighted by Gasteiger charge is -2.21. The first-order chi connectivity index (χ1) is 7.84. The number of rotatable bonds is 1. The Morgan fingerprint density at radius 2 is 2.44 bits per heavy atom. The minimum absolute atomic E-state index is 0.474. The molecule has 0 bridgehead atoms. The van der Waals surface area contributed by atoms with Gasteiger partial charge in [0, 0.05) is 30.6 Å². The maximum Gasteiger partial charge on any atom is 0.125 e. The van der Waals surface area contributed by atoms with Crippen LogP contribution in [0.2, 0.25) is 0 Å². The molecular formula is C12H14N4. The Balaban J connectivity index is 2.05. The molecule has 82 valence electrons. The molecule has 4 heteroatoms. The zero-order valence-corrected chi connectivity index (χ0v) is 9.22. The van der Waals surface area contributed by atoms with Crippen LogP contribution in [0.3, 0.4) is 0 Å². The highest BCUT2D eigenvalue weighted by molar-refractivity contribution is 5.62. The molecule has 1 unspecified atom stereocenters. The molecular weight excluding hydrogens is 200 g/mol. The van der Waals surface area contributed by atoms with Gasteiger partial charge in [0.05, 0.1) is 11.7 Å². The normalized spacial score (nSPS) is 18.9. The molecule has 4 nitrogen and oxygen atoms in total. The first-order valence-corrected chi connectivity index (χ1v) is 5.58. The van der Waals surface area contributed by atoms with Crippen LogP contribution in [0.4, 0.5) is 5.82 Å². The average molecular weight is 214 g/mol. The van der Waals surface area contributed by atoms with Crippen LogP contribution in [-0.4, -0.2) is 21.3 Å². The highest BCUT2D eigenvalue weighted by Gasteiger charge is 2.18. The van der Waals surface area contributed by atoms with Gasteiger partial charge in [-0.05, 0) is 25.5 Å². The van der Waals surface area contributed by atoms with Crippen molar-refractivity contribution in [3.63, 3.8) is 0 Å². The molecule has 3 rings (SSSR count). The molecule has 0 saturated heterocycles. The fraction of sp³-hybridized carbons (Fsp3) is 0.333. The summed E-state index contributed by atoms with van der Waals surface area (Å²) in [6.45, 7) is 3.23. The summed E-state index contributed by atoms with van der Waals surface area (Å²) in [5, 5.41) is 7.98. The predicted octanol–water partition coefficient (Wildman–Crippen LogP) is 2.32. The minimum atomic E-state index is 0.474. The van der Waals surface area contributed by atoms with Gasteiger partial charge in [0.2, 0.25) is 0 Å². The second kappa shape index (κ2) is 3.63. The van der Waals surface area contributed by atoms with E-state index in [9.17, 15) is 0 Å². The third kappa shape index (κ3) is 1.46. The monoisotopic (exact) mass is 214 g/mol. The van der Waals surface area contributed by atoms with Gasteiger partial charge < -0.3 is 5.32 Å². The molecule has 3 heterocycles. The van der Waals surface area contributed by atoms with Crippen LogP contribution in [0.5, 0.6) is 0 Å². The number of aromatic nitrogens is 3. The second-order valence-corrected chi connectivity index (χ2v) is 4.17. The van der Waals surface area contributed by atoms with Crippen molar-refractivity contribution in [2.75, 3.05) is 11.9 Å². The molecule has 1 atom stereocenters. The van der Waals surface area contributed by atoms with Crippen LogP contribution in [0.25, 0.3) is 11.3 Å². The van der Waals surface area contributed by atoms with E-state index in [0.29, 0.717) is 6.04 Å². The molecule has 0 aliphatic carbocycles. The minimum Gasteiger partial charge on any atom is -0.370 e. The summed E-state index contributed by atoms with van der Waals surface area (Å²) in [5.41, 5.74) is 2.06. The molecule has 0 spiro atoms.